The summed E-state index contributed by atoms with van der Waals surface area (Å²) in [4.78, 5) is 22.7. The van der Waals surface area contributed by atoms with Crippen LogP contribution in [0.4, 0.5) is 5.69 Å². The predicted octanol–water partition coefficient (Wildman–Crippen LogP) is 2.47. The number of carbonyl (C=O) groups is 2. The first-order valence-corrected chi connectivity index (χ1v) is 7.27. The Bertz CT molecular complexity index is 584. The van der Waals surface area contributed by atoms with E-state index in [1.807, 2.05) is 18.2 Å². The fourth-order valence-electron chi connectivity index (χ4n) is 1.23. The maximum Gasteiger partial charge on any atom is 0.286 e. The molecule has 2 aromatic rings. The number of para-hydroxylation sites is 1. The van der Waals surface area contributed by atoms with E-state index in [1.54, 1.807) is 12.1 Å². The zero-order valence-electron chi connectivity index (χ0n) is 10.1. The summed E-state index contributed by atoms with van der Waals surface area (Å²) in [5.74, 6) is 0.114. The summed E-state index contributed by atoms with van der Waals surface area (Å²) in [7, 11) is 0. The first-order valence-electron chi connectivity index (χ1n) is 5.47. The van der Waals surface area contributed by atoms with E-state index in [0.29, 0.717) is 15.8 Å². The van der Waals surface area contributed by atoms with Crippen molar-refractivity contribution in [1.29, 1.82) is 0 Å². The number of nitrogens with zero attached hydrogens (tertiary/aromatic N) is 2. The summed E-state index contributed by atoms with van der Waals surface area (Å²) < 4.78 is 0.619. The molecule has 2 rings (SSSR count). The summed E-state index contributed by atoms with van der Waals surface area (Å²) in [5.41, 5.74) is 0.709. The Morgan fingerprint density at radius 1 is 1.26 bits per heavy atom. The lowest BCUT2D eigenvalue weighted by atomic mass is 10.3. The van der Waals surface area contributed by atoms with E-state index in [-0.39, 0.29) is 16.7 Å². The molecular formula is C12H11N3O2S2. The van der Waals surface area contributed by atoms with Gasteiger partial charge in [0.1, 0.15) is 5.78 Å². The highest BCUT2D eigenvalue weighted by molar-refractivity contribution is 8.01. The second-order valence-electron chi connectivity index (χ2n) is 3.68. The Morgan fingerprint density at radius 3 is 2.68 bits per heavy atom. The number of hydrogen-bond acceptors (Lipinski definition) is 6. The second-order valence-corrected chi connectivity index (χ2v) is 5.88. The number of aromatic nitrogens is 2. The van der Waals surface area contributed by atoms with Gasteiger partial charge in [-0.25, -0.2) is 0 Å². The van der Waals surface area contributed by atoms with E-state index in [1.165, 1.54) is 30.0 Å². The Balaban J connectivity index is 1.98. The standard InChI is InChI=1S/C12H11N3O2S2/c1-8(16)7-18-12-15-14-11(19-12)10(17)13-9-5-3-2-4-6-9/h2-6H,7H2,1H3,(H,13,17). The van der Waals surface area contributed by atoms with Gasteiger partial charge >= 0.3 is 0 Å². The third kappa shape index (κ3) is 4.15. The number of anilines is 1. The van der Waals surface area contributed by atoms with E-state index >= 15 is 0 Å². The molecule has 0 aliphatic rings. The van der Waals surface area contributed by atoms with E-state index < -0.39 is 0 Å². The number of ketones is 1. The molecule has 0 bridgehead atoms. The third-order valence-electron chi connectivity index (χ3n) is 2.03. The molecule has 1 N–H and O–H groups in total. The molecule has 7 heteroatoms. The van der Waals surface area contributed by atoms with E-state index in [0.717, 1.165) is 0 Å². The lowest BCUT2D eigenvalue weighted by molar-refractivity contribution is -0.114. The van der Waals surface area contributed by atoms with Gasteiger partial charge in [-0.3, -0.25) is 9.59 Å². The van der Waals surface area contributed by atoms with Crippen molar-refractivity contribution in [1.82, 2.24) is 10.2 Å². The average molecular weight is 293 g/mol. The maximum absolute atomic E-state index is 11.9. The first kappa shape index (κ1) is 13.7. The van der Waals surface area contributed by atoms with Crippen LogP contribution in [0, 0.1) is 0 Å². The minimum absolute atomic E-state index is 0.0653. The van der Waals surface area contributed by atoms with Crippen LogP contribution in [-0.2, 0) is 4.79 Å². The number of carbonyl (C=O) groups excluding carboxylic acids is 2. The van der Waals surface area contributed by atoms with Gasteiger partial charge in [-0.2, -0.15) is 0 Å². The van der Waals surface area contributed by atoms with Crippen LogP contribution in [0.5, 0.6) is 0 Å². The molecule has 19 heavy (non-hydrogen) atoms. The predicted molar refractivity (Wildman–Crippen MR) is 75.7 cm³/mol. The van der Waals surface area contributed by atoms with Crippen LogP contribution >= 0.6 is 23.1 Å². The molecule has 0 saturated carbocycles. The molecule has 98 valence electrons. The van der Waals surface area contributed by atoms with Crippen LogP contribution in [-0.4, -0.2) is 27.6 Å². The molecule has 0 fully saturated rings. The monoisotopic (exact) mass is 293 g/mol. The SMILES string of the molecule is CC(=O)CSc1nnc(C(=O)Nc2ccccc2)s1. The Hall–Kier alpha value is -1.73. The highest BCUT2D eigenvalue weighted by Crippen LogP contribution is 2.22. The fourth-order valence-corrected chi connectivity index (χ4v) is 2.78. The second kappa shape index (κ2) is 6.44. The average Bonchev–Trinajstić information content (AvgIpc) is 2.86. The zero-order valence-corrected chi connectivity index (χ0v) is 11.8. The lowest BCUT2D eigenvalue weighted by Gasteiger charge is -2.00. The van der Waals surface area contributed by atoms with Gasteiger partial charge in [-0.15, -0.1) is 10.2 Å². The summed E-state index contributed by atoms with van der Waals surface area (Å²) in [6, 6.07) is 9.14. The molecule has 0 saturated heterocycles. The summed E-state index contributed by atoms with van der Waals surface area (Å²) in [6.45, 7) is 1.51. The number of thioether (sulfide) groups is 1. The van der Waals surface area contributed by atoms with Crippen LogP contribution in [0.25, 0.3) is 0 Å². The quantitative estimate of drug-likeness (QED) is 0.857. The van der Waals surface area contributed by atoms with Gasteiger partial charge in [-0.1, -0.05) is 41.3 Å². The zero-order chi connectivity index (χ0) is 13.7. The van der Waals surface area contributed by atoms with Crippen LogP contribution in [0.1, 0.15) is 16.7 Å². The topological polar surface area (TPSA) is 72.0 Å². The van der Waals surface area contributed by atoms with Gasteiger partial charge < -0.3 is 5.32 Å². The minimum atomic E-state index is -0.293. The molecule has 0 radical (unpaired) electrons. The Labute approximate surface area is 118 Å². The van der Waals surface area contributed by atoms with Crippen molar-refractivity contribution in [3.63, 3.8) is 0 Å². The number of hydrogen-bond donors (Lipinski definition) is 1. The molecule has 0 spiro atoms. The van der Waals surface area contributed by atoms with Gasteiger partial charge in [0.2, 0.25) is 5.01 Å². The smallest absolute Gasteiger partial charge is 0.286 e. The van der Waals surface area contributed by atoms with Gasteiger partial charge in [0.15, 0.2) is 4.34 Å². The molecular weight excluding hydrogens is 282 g/mol. The normalized spacial score (nSPS) is 10.2. The summed E-state index contributed by atoms with van der Waals surface area (Å²) in [5, 5.41) is 10.7. The summed E-state index contributed by atoms with van der Waals surface area (Å²) in [6.07, 6.45) is 0. The molecule has 1 amide bonds. The Kier molecular flexibility index (Phi) is 4.64. The molecule has 0 unspecified atom stereocenters. The maximum atomic E-state index is 11.9. The van der Waals surface area contributed by atoms with Gasteiger partial charge in [0.05, 0.1) is 5.75 Å². The van der Waals surface area contributed by atoms with Crippen molar-refractivity contribution in [3.8, 4) is 0 Å². The number of nitrogens with one attached hydrogen (secondary N) is 1. The third-order valence-corrected chi connectivity index (χ3v) is 4.23. The number of amides is 1. The van der Waals surface area contributed by atoms with Crippen molar-refractivity contribution >= 4 is 40.5 Å². The number of Topliss-reactive ketones (excluding diaryl/α,β-unsaturated/α-hetero) is 1. The molecule has 1 aromatic heterocycles. The molecule has 0 atom stereocenters. The highest BCUT2D eigenvalue weighted by atomic mass is 32.2. The van der Waals surface area contributed by atoms with Gasteiger partial charge in [-0.05, 0) is 19.1 Å². The van der Waals surface area contributed by atoms with Crippen LogP contribution < -0.4 is 5.32 Å². The van der Waals surface area contributed by atoms with Crippen LogP contribution in [0.3, 0.4) is 0 Å². The number of benzene rings is 1. The van der Waals surface area contributed by atoms with E-state index in [9.17, 15) is 9.59 Å². The van der Waals surface area contributed by atoms with Crippen molar-refractivity contribution in [2.45, 2.75) is 11.3 Å². The van der Waals surface area contributed by atoms with E-state index in [4.69, 9.17) is 0 Å². The van der Waals surface area contributed by atoms with Crippen molar-refractivity contribution in [2.24, 2.45) is 0 Å². The van der Waals surface area contributed by atoms with Crippen molar-refractivity contribution in [2.75, 3.05) is 11.1 Å². The molecule has 0 aliphatic carbocycles. The van der Waals surface area contributed by atoms with Crippen molar-refractivity contribution in [3.05, 3.63) is 35.3 Å². The van der Waals surface area contributed by atoms with Crippen molar-refractivity contribution < 1.29 is 9.59 Å². The van der Waals surface area contributed by atoms with Crippen LogP contribution in [0.15, 0.2) is 34.7 Å². The van der Waals surface area contributed by atoms with Gasteiger partial charge in [0, 0.05) is 5.69 Å². The molecule has 5 nitrogen and oxygen atoms in total. The van der Waals surface area contributed by atoms with Gasteiger partial charge in [0.25, 0.3) is 5.91 Å². The van der Waals surface area contributed by atoms with Crippen LogP contribution in [0.2, 0.25) is 0 Å². The number of rotatable bonds is 5. The largest absolute Gasteiger partial charge is 0.320 e. The molecule has 1 aromatic carbocycles. The lowest BCUT2D eigenvalue weighted by Crippen LogP contribution is -2.11. The first-order chi connectivity index (χ1) is 9.15. The minimum Gasteiger partial charge on any atom is -0.320 e. The molecule has 0 aliphatic heterocycles. The highest BCUT2D eigenvalue weighted by Gasteiger charge is 2.13. The van der Waals surface area contributed by atoms with E-state index in [2.05, 4.69) is 15.5 Å². The molecule has 1 heterocycles. The summed E-state index contributed by atoms with van der Waals surface area (Å²) >= 11 is 2.47. The Morgan fingerprint density at radius 2 is 2.00 bits per heavy atom. The fraction of sp³-hybridized carbons (Fsp3) is 0.167.